The first-order valence-corrected chi connectivity index (χ1v) is 10.9. The van der Waals surface area contributed by atoms with Crippen molar-refractivity contribution in [3.05, 3.63) is 35.6 Å². The molecule has 1 unspecified atom stereocenters. The van der Waals surface area contributed by atoms with Gasteiger partial charge in [0, 0.05) is 25.1 Å². The minimum Gasteiger partial charge on any atom is -0.342 e. The molecule has 138 valence electrons. The SMILES string of the molecule is O=C(CCC1CCCC1)N1CCC(c2ccccc2F)S(=O)(=O)CC1. The van der Waals surface area contributed by atoms with Crippen LogP contribution in [0.5, 0.6) is 0 Å². The van der Waals surface area contributed by atoms with Crippen LogP contribution in [0.2, 0.25) is 0 Å². The van der Waals surface area contributed by atoms with Gasteiger partial charge in [-0.1, -0.05) is 43.9 Å². The van der Waals surface area contributed by atoms with Crippen molar-refractivity contribution in [2.45, 2.75) is 50.2 Å². The molecule has 3 rings (SSSR count). The Morgan fingerprint density at radius 2 is 1.84 bits per heavy atom. The second kappa shape index (κ2) is 7.85. The van der Waals surface area contributed by atoms with Gasteiger partial charge in [0.2, 0.25) is 5.91 Å². The van der Waals surface area contributed by atoms with Crippen LogP contribution in [0.3, 0.4) is 0 Å². The van der Waals surface area contributed by atoms with Gasteiger partial charge in [-0.25, -0.2) is 12.8 Å². The minimum atomic E-state index is -3.47. The number of rotatable bonds is 4. The van der Waals surface area contributed by atoms with Crippen LogP contribution in [0.4, 0.5) is 4.39 Å². The van der Waals surface area contributed by atoms with Crippen molar-refractivity contribution in [1.82, 2.24) is 4.90 Å². The molecular formula is C19H26FNO3S. The van der Waals surface area contributed by atoms with Gasteiger partial charge in [-0.15, -0.1) is 0 Å². The number of carbonyl (C=O) groups is 1. The molecule has 1 aliphatic heterocycles. The van der Waals surface area contributed by atoms with E-state index in [0.29, 0.717) is 18.9 Å². The summed E-state index contributed by atoms with van der Waals surface area (Å²) in [5.41, 5.74) is 0.225. The highest BCUT2D eigenvalue weighted by Gasteiger charge is 2.34. The second-order valence-corrected chi connectivity index (χ2v) is 9.54. The Morgan fingerprint density at radius 3 is 2.56 bits per heavy atom. The monoisotopic (exact) mass is 367 g/mol. The average molecular weight is 367 g/mol. The Morgan fingerprint density at radius 1 is 1.12 bits per heavy atom. The number of hydrogen-bond donors (Lipinski definition) is 0. The van der Waals surface area contributed by atoms with Crippen LogP contribution in [0.1, 0.15) is 55.8 Å². The van der Waals surface area contributed by atoms with E-state index in [-0.39, 0.29) is 30.2 Å². The van der Waals surface area contributed by atoms with Gasteiger partial charge in [-0.2, -0.15) is 0 Å². The van der Waals surface area contributed by atoms with Crippen LogP contribution in [-0.4, -0.2) is 38.1 Å². The molecule has 0 bridgehead atoms. The molecule has 0 radical (unpaired) electrons. The molecule has 6 heteroatoms. The quantitative estimate of drug-likeness (QED) is 0.819. The molecule has 0 aromatic heterocycles. The van der Waals surface area contributed by atoms with Crippen molar-refractivity contribution in [2.24, 2.45) is 5.92 Å². The van der Waals surface area contributed by atoms with Gasteiger partial charge in [0.1, 0.15) is 5.82 Å². The van der Waals surface area contributed by atoms with Crippen LogP contribution in [-0.2, 0) is 14.6 Å². The fourth-order valence-corrected chi connectivity index (χ4v) is 5.87. The normalized spacial score (nSPS) is 24.2. The Labute approximate surface area is 149 Å². The van der Waals surface area contributed by atoms with Crippen molar-refractivity contribution in [2.75, 3.05) is 18.8 Å². The topological polar surface area (TPSA) is 54.5 Å². The van der Waals surface area contributed by atoms with Crippen molar-refractivity contribution in [3.8, 4) is 0 Å². The Balaban J connectivity index is 1.65. The summed E-state index contributed by atoms with van der Waals surface area (Å²) in [6, 6.07) is 6.04. The van der Waals surface area contributed by atoms with Crippen LogP contribution < -0.4 is 0 Å². The standard InChI is InChI=1S/C19H26FNO3S/c20-17-8-4-3-7-16(17)18-11-12-21(13-14-25(18,23)24)19(22)10-9-15-5-1-2-6-15/h3-4,7-8,15,18H,1-2,5-6,9-14H2. The van der Waals surface area contributed by atoms with Gasteiger partial charge >= 0.3 is 0 Å². The van der Waals surface area contributed by atoms with Crippen LogP contribution in [0.25, 0.3) is 0 Å². The van der Waals surface area contributed by atoms with E-state index in [2.05, 4.69) is 0 Å². The second-order valence-electron chi connectivity index (χ2n) is 7.24. The van der Waals surface area contributed by atoms with Crippen LogP contribution in [0, 0.1) is 11.7 Å². The molecule has 1 saturated carbocycles. The number of nitrogens with zero attached hydrogens (tertiary/aromatic N) is 1. The van der Waals surface area contributed by atoms with E-state index < -0.39 is 20.9 Å². The summed E-state index contributed by atoms with van der Waals surface area (Å²) >= 11 is 0. The summed E-state index contributed by atoms with van der Waals surface area (Å²) < 4.78 is 39.2. The van der Waals surface area contributed by atoms with Crippen LogP contribution in [0.15, 0.2) is 24.3 Å². The molecule has 1 aromatic rings. The first kappa shape index (κ1) is 18.4. The van der Waals surface area contributed by atoms with E-state index in [1.807, 2.05) is 0 Å². The maximum absolute atomic E-state index is 14.1. The van der Waals surface area contributed by atoms with Crippen molar-refractivity contribution in [1.29, 1.82) is 0 Å². The fourth-order valence-electron chi connectivity index (χ4n) is 4.06. The Hall–Kier alpha value is -1.43. The minimum absolute atomic E-state index is 0.0382. The third-order valence-electron chi connectivity index (χ3n) is 5.59. The zero-order valence-electron chi connectivity index (χ0n) is 14.5. The number of carbonyl (C=O) groups excluding carboxylic acids is 1. The molecule has 1 heterocycles. The number of halogens is 1. The number of amides is 1. The first-order chi connectivity index (χ1) is 12.0. The predicted molar refractivity (Wildman–Crippen MR) is 95.3 cm³/mol. The fraction of sp³-hybridized carbons (Fsp3) is 0.632. The highest BCUT2D eigenvalue weighted by molar-refractivity contribution is 7.91. The lowest BCUT2D eigenvalue weighted by molar-refractivity contribution is -0.131. The van der Waals surface area contributed by atoms with Crippen molar-refractivity contribution in [3.63, 3.8) is 0 Å². The zero-order chi connectivity index (χ0) is 17.9. The van der Waals surface area contributed by atoms with E-state index in [9.17, 15) is 17.6 Å². The van der Waals surface area contributed by atoms with E-state index in [4.69, 9.17) is 0 Å². The smallest absolute Gasteiger partial charge is 0.222 e. The summed E-state index contributed by atoms with van der Waals surface area (Å²) in [5, 5.41) is -0.860. The van der Waals surface area contributed by atoms with E-state index in [0.717, 1.165) is 6.42 Å². The third-order valence-corrected chi connectivity index (χ3v) is 7.69. The number of sulfone groups is 1. The summed E-state index contributed by atoms with van der Waals surface area (Å²) in [6.07, 6.45) is 6.58. The van der Waals surface area contributed by atoms with Gasteiger partial charge in [0.25, 0.3) is 0 Å². The molecule has 2 fully saturated rings. The molecule has 1 aliphatic carbocycles. The molecule has 0 N–H and O–H groups in total. The lowest BCUT2D eigenvalue weighted by Crippen LogP contribution is -2.33. The van der Waals surface area contributed by atoms with E-state index in [1.165, 1.54) is 37.8 Å². The lowest BCUT2D eigenvalue weighted by atomic mass is 10.0. The molecule has 1 aromatic carbocycles. The van der Waals surface area contributed by atoms with Gasteiger partial charge in [0.15, 0.2) is 9.84 Å². The average Bonchev–Trinajstić information content (AvgIpc) is 3.05. The summed E-state index contributed by atoms with van der Waals surface area (Å²) in [7, 11) is -3.47. The summed E-state index contributed by atoms with van der Waals surface area (Å²) in [4.78, 5) is 14.1. The molecule has 1 saturated heterocycles. The maximum atomic E-state index is 14.1. The highest BCUT2D eigenvalue weighted by atomic mass is 32.2. The van der Waals surface area contributed by atoms with Gasteiger partial charge in [-0.05, 0) is 24.8 Å². The molecule has 1 atom stereocenters. The summed E-state index contributed by atoms with van der Waals surface area (Å²) in [5.74, 6) is 0.0976. The number of hydrogen-bond acceptors (Lipinski definition) is 3. The van der Waals surface area contributed by atoms with Gasteiger partial charge in [-0.3, -0.25) is 4.79 Å². The Bertz CT molecular complexity index is 713. The first-order valence-electron chi connectivity index (χ1n) is 9.21. The molecule has 25 heavy (non-hydrogen) atoms. The van der Waals surface area contributed by atoms with Gasteiger partial charge < -0.3 is 4.90 Å². The van der Waals surface area contributed by atoms with Crippen LogP contribution >= 0.6 is 0 Å². The molecular weight excluding hydrogens is 341 g/mol. The zero-order valence-corrected chi connectivity index (χ0v) is 15.3. The maximum Gasteiger partial charge on any atom is 0.222 e. The largest absolute Gasteiger partial charge is 0.342 e. The highest BCUT2D eigenvalue weighted by Crippen LogP contribution is 2.32. The van der Waals surface area contributed by atoms with Gasteiger partial charge in [0.05, 0.1) is 11.0 Å². The molecule has 4 nitrogen and oxygen atoms in total. The lowest BCUT2D eigenvalue weighted by Gasteiger charge is -2.21. The molecule has 1 amide bonds. The molecule has 0 spiro atoms. The van der Waals surface area contributed by atoms with Crippen molar-refractivity contribution >= 4 is 15.7 Å². The Kier molecular flexibility index (Phi) is 5.77. The summed E-state index contributed by atoms with van der Waals surface area (Å²) in [6.45, 7) is 0.596. The third kappa shape index (κ3) is 4.40. The number of benzene rings is 1. The van der Waals surface area contributed by atoms with E-state index >= 15 is 0 Å². The van der Waals surface area contributed by atoms with E-state index in [1.54, 1.807) is 17.0 Å². The molecule has 2 aliphatic rings. The predicted octanol–water partition coefficient (Wildman–Crippen LogP) is 3.48. The van der Waals surface area contributed by atoms with Crippen molar-refractivity contribution < 1.29 is 17.6 Å².